The lowest BCUT2D eigenvalue weighted by Gasteiger charge is -2.43. The maximum absolute atomic E-state index is 12.8. The first kappa shape index (κ1) is 20.3. The van der Waals surface area contributed by atoms with Crippen molar-refractivity contribution in [3.8, 4) is 0 Å². The van der Waals surface area contributed by atoms with E-state index in [9.17, 15) is 19.5 Å². The van der Waals surface area contributed by atoms with E-state index >= 15 is 0 Å². The third kappa shape index (κ3) is 3.43. The van der Waals surface area contributed by atoms with Crippen molar-refractivity contribution in [3.63, 3.8) is 0 Å². The van der Waals surface area contributed by atoms with Crippen LogP contribution in [0.3, 0.4) is 0 Å². The monoisotopic (exact) mass is 406 g/mol. The highest BCUT2D eigenvalue weighted by molar-refractivity contribution is 5.95. The van der Waals surface area contributed by atoms with Gasteiger partial charge in [0.2, 0.25) is 5.60 Å². The summed E-state index contributed by atoms with van der Waals surface area (Å²) in [6.45, 7) is 8.79. The highest BCUT2D eigenvalue weighted by Gasteiger charge is 2.78. The molecule has 8 nitrogen and oxygen atoms in total. The van der Waals surface area contributed by atoms with Gasteiger partial charge in [0.05, 0.1) is 0 Å². The molecule has 4 aliphatic heterocycles. The number of epoxide rings is 1. The Morgan fingerprint density at radius 3 is 2.62 bits per heavy atom. The summed E-state index contributed by atoms with van der Waals surface area (Å²) >= 11 is 0. The molecule has 3 saturated heterocycles. The van der Waals surface area contributed by atoms with Crippen LogP contribution in [0.4, 0.5) is 0 Å². The predicted octanol–water partition coefficient (Wildman–Crippen LogP) is 1.35. The van der Waals surface area contributed by atoms with Gasteiger partial charge < -0.3 is 24.1 Å². The summed E-state index contributed by atoms with van der Waals surface area (Å²) in [6, 6.07) is 0. The normalized spacial score (nSPS) is 45.7. The lowest BCUT2D eigenvalue weighted by atomic mass is 9.78. The Bertz CT molecular complexity index is 815. The van der Waals surface area contributed by atoms with Gasteiger partial charge in [-0.15, -0.1) is 0 Å². The summed E-state index contributed by atoms with van der Waals surface area (Å²) in [6.07, 6.45) is -0.878. The van der Waals surface area contributed by atoms with Crippen LogP contribution >= 0.6 is 0 Å². The molecule has 4 bridgehead atoms. The summed E-state index contributed by atoms with van der Waals surface area (Å²) in [5.41, 5.74) is 0.258. The van der Waals surface area contributed by atoms with Crippen molar-refractivity contribution in [3.05, 3.63) is 23.8 Å². The van der Waals surface area contributed by atoms with E-state index in [0.717, 1.165) is 5.57 Å². The maximum Gasteiger partial charge on any atom is 0.344 e. The largest absolute Gasteiger partial charge is 0.457 e. The van der Waals surface area contributed by atoms with Gasteiger partial charge in [-0.1, -0.05) is 17.7 Å². The smallest absolute Gasteiger partial charge is 0.344 e. The molecule has 4 heterocycles. The van der Waals surface area contributed by atoms with Gasteiger partial charge in [-0.3, -0.25) is 9.59 Å². The van der Waals surface area contributed by atoms with Crippen LogP contribution in [-0.4, -0.2) is 58.6 Å². The molecule has 0 amide bonds. The molecule has 0 spiro atoms. The van der Waals surface area contributed by atoms with Crippen molar-refractivity contribution >= 4 is 17.7 Å². The van der Waals surface area contributed by atoms with Crippen molar-refractivity contribution in [1.82, 2.24) is 0 Å². The Morgan fingerprint density at radius 1 is 1.28 bits per heavy atom. The molecular formula is C21H26O8. The van der Waals surface area contributed by atoms with Gasteiger partial charge in [0.15, 0.2) is 17.7 Å². The molecule has 29 heavy (non-hydrogen) atoms. The molecule has 1 N–H and O–H groups in total. The van der Waals surface area contributed by atoms with Crippen molar-refractivity contribution in [2.75, 3.05) is 0 Å². The lowest BCUT2D eigenvalue weighted by Crippen LogP contribution is -2.54. The fourth-order valence-electron chi connectivity index (χ4n) is 4.78. The van der Waals surface area contributed by atoms with Crippen LogP contribution in [0, 0.1) is 5.92 Å². The second-order valence-corrected chi connectivity index (χ2v) is 8.71. The highest BCUT2D eigenvalue weighted by atomic mass is 16.7. The van der Waals surface area contributed by atoms with Gasteiger partial charge in [0, 0.05) is 26.2 Å². The van der Waals surface area contributed by atoms with E-state index in [4.69, 9.17) is 18.9 Å². The Labute approximate surface area is 168 Å². The third-order valence-corrected chi connectivity index (χ3v) is 6.25. The minimum Gasteiger partial charge on any atom is -0.457 e. The van der Waals surface area contributed by atoms with E-state index in [1.54, 1.807) is 6.92 Å². The molecule has 4 rings (SSSR count). The molecule has 4 aliphatic rings. The number of ether oxygens (including phenoxy) is 4. The molecule has 8 heteroatoms. The number of carbonyl (C=O) groups excluding carboxylic acids is 3. The summed E-state index contributed by atoms with van der Waals surface area (Å²) in [4.78, 5) is 37.0. The van der Waals surface area contributed by atoms with Crippen molar-refractivity contribution < 1.29 is 38.4 Å². The Hall–Kier alpha value is -2.03. The zero-order chi connectivity index (χ0) is 21.1. The number of hydrogen-bond acceptors (Lipinski definition) is 8. The van der Waals surface area contributed by atoms with Gasteiger partial charge in [-0.2, -0.15) is 0 Å². The number of allylic oxidation sites excluding steroid dienone is 1. The van der Waals surface area contributed by atoms with E-state index in [2.05, 4.69) is 6.58 Å². The van der Waals surface area contributed by atoms with Crippen LogP contribution in [0.15, 0.2) is 23.8 Å². The van der Waals surface area contributed by atoms with E-state index in [0.29, 0.717) is 18.4 Å². The summed E-state index contributed by atoms with van der Waals surface area (Å²) in [5.74, 6) is -3.52. The van der Waals surface area contributed by atoms with Gasteiger partial charge in [0.1, 0.15) is 18.3 Å². The molecule has 0 aromatic heterocycles. The maximum atomic E-state index is 12.8. The van der Waals surface area contributed by atoms with Crippen LogP contribution in [0.1, 0.15) is 46.5 Å². The number of carbonyl (C=O) groups is 3. The molecule has 158 valence electrons. The first-order valence-electron chi connectivity index (χ1n) is 9.87. The van der Waals surface area contributed by atoms with Gasteiger partial charge in [0.25, 0.3) is 0 Å². The number of rotatable bonds is 2. The van der Waals surface area contributed by atoms with Crippen molar-refractivity contribution in [2.24, 2.45) is 5.92 Å². The zero-order valence-electron chi connectivity index (χ0n) is 16.8. The lowest BCUT2D eigenvalue weighted by molar-refractivity contribution is -0.282. The van der Waals surface area contributed by atoms with Gasteiger partial charge in [-0.05, 0) is 32.3 Å². The number of hydrogen-bond donors (Lipinski definition) is 1. The molecule has 0 saturated carbocycles. The molecule has 0 aliphatic carbocycles. The highest BCUT2D eigenvalue weighted by Crippen LogP contribution is 2.56. The Morgan fingerprint density at radius 2 is 2.00 bits per heavy atom. The average Bonchev–Trinajstić information content (AvgIpc) is 3.29. The Kier molecular flexibility index (Phi) is 4.72. The number of fused-ring (bicyclic) bond motifs is 2. The molecule has 0 aromatic rings. The van der Waals surface area contributed by atoms with Crippen LogP contribution < -0.4 is 0 Å². The average molecular weight is 406 g/mol. The van der Waals surface area contributed by atoms with E-state index in [1.165, 1.54) is 13.0 Å². The van der Waals surface area contributed by atoms with E-state index < -0.39 is 53.5 Å². The quantitative estimate of drug-likeness (QED) is 0.416. The molecular weight excluding hydrogens is 380 g/mol. The fraction of sp³-hybridized carbons (Fsp3) is 0.667. The van der Waals surface area contributed by atoms with Crippen LogP contribution in [0.5, 0.6) is 0 Å². The topological polar surface area (TPSA) is 112 Å². The zero-order valence-corrected chi connectivity index (χ0v) is 16.8. The standard InChI is InChI=1S/C21H26O8/c1-10(2)13-7-17-21-18(29-21)15(27-19(21)24)6-11(3)5-14(23)16(26-12(4)22)9-20(25,8-13)28-17/h5,13,15-18,25H,1,6-9H2,2-4H3/b11-5-/t13-,15+,16-,17-,18-,20+,21-/m1/s1. The first-order valence-corrected chi connectivity index (χ1v) is 9.87. The summed E-state index contributed by atoms with van der Waals surface area (Å²) in [5, 5.41) is 11.3. The van der Waals surface area contributed by atoms with Gasteiger partial charge in [-0.25, -0.2) is 4.79 Å². The molecule has 0 aromatic carbocycles. The predicted molar refractivity (Wildman–Crippen MR) is 98.4 cm³/mol. The van der Waals surface area contributed by atoms with E-state index in [1.807, 2.05) is 6.92 Å². The molecule has 7 atom stereocenters. The van der Waals surface area contributed by atoms with Crippen LogP contribution in [0.2, 0.25) is 0 Å². The van der Waals surface area contributed by atoms with Crippen molar-refractivity contribution in [1.29, 1.82) is 0 Å². The van der Waals surface area contributed by atoms with Crippen LogP contribution in [-0.2, 0) is 33.3 Å². The van der Waals surface area contributed by atoms with Gasteiger partial charge >= 0.3 is 11.9 Å². The number of ketones is 1. The second-order valence-electron chi connectivity index (χ2n) is 8.71. The summed E-state index contributed by atoms with van der Waals surface area (Å²) < 4.78 is 22.5. The van der Waals surface area contributed by atoms with Crippen molar-refractivity contribution in [2.45, 2.75) is 82.3 Å². The number of aliphatic hydroxyl groups is 1. The minimum atomic E-state index is -1.78. The molecule has 0 unspecified atom stereocenters. The fourth-order valence-corrected chi connectivity index (χ4v) is 4.78. The van der Waals surface area contributed by atoms with Crippen LogP contribution in [0.25, 0.3) is 0 Å². The Balaban J connectivity index is 1.75. The summed E-state index contributed by atoms with van der Waals surface area (Å²) in [7, 11) is 0. The SMILES string of the molecule is C=C(C)[C@@H]1C[C@H]2O[C@@](O)(C1)C[C@@H](OC(C)=O)C(=O)/C=C(/C)C[C@@H]1OC(=O)[C@@]23O[C@H]13. The third-order valence-electron chi connectivity index (χ3n) is 6.25. The molecule has 0 radical (unpaired) electrons. The first-order chi connectivity index (χ1) is 13.5. The minimum absolute atomic E-state index is 0.155. The molecule has 3 fully saturated rings. The second kappa shape index (κ2) is 6.75. The van der Waals surface area contributed by atoms with E-state index in [-0.39, 0.29) is 18.8 Å². The number of esters is 2.